The van der Waals surface area contributed by atoms with E-state index >= 15 is 0 Å². The number of aliphatic hydroxyl groups is 1. The molecule has 2 saturated heterocycles. The lowest BCUT2D eigenvalue weighted by Gasteiger charge is -2.44. The molecule has 0 spiro atoms. The summed E-state index contributed by atoms with van der Waals surface area (Å²) < 4.78 is 0. The number of aromatic nitrogens is 1. The van der Waals surface area contributed by atoms with Gasteiger partial charge in [0, 0.05) is 36.6 Å². The molecule has 2 aromatic rings. The van der Waals surface area contributed by atoms with Crippen LogP contribution in [0, 0.1) is 6.92 Å². The molecule has 2 fully saturated rings. The fourth-order valence-corrected chi connectivity index (χ4v) is 4.41. The molecule has 1 aromatic heterocycles. The summed E-state index contributed by atoms with van der Waals surface area (Å²) in [4.78, 5) is 6.89. The molecular formula is C20H24N2O. The normalized spacial score (nSPS) is 30.5. The first kappa shape index (κ1) is 14.9. The third kappa shape index (κ3) is 2.79. The van der Waals surface area contributed by atoms with Gasteiger partial charge < -0.3 is 5.11 Å². The van der Waals surface area contributed by atoms with Gasteiger partial charge in [-0.1, -0.05) is 36.4 Å². The van der Waals surface area contributed by atoms with Crippen molar-refractivity contribution in [3.05, 3.63) is 65.5 Å². The zero-order valence-corrected chi connectivity index (χ0v) is 13.7. The second kappa shape index (κ2) is 5.73. The summed E-state index contributed by atoms with van der Waals surface area (Å²) in [5.74, 6) is 0. The number of fused-ring (bicyclic) bond motifs is 2. The first-order valence-corrected chi connectivity index (χ1v) is 8.58. The lowest BCUT2D eigenvalue weighted by molar-refractivity contribution is -0.0597. The molecule has 2 bridgehead atoms. The maximum Gasteiger partial charge on any atom is 0.0941 e. The fourth-order valence-electron chi connectivity index (χ4n) is 4.41. The van der Waals surface area contributed by atoms with Gasteiger partial charge in [0.25, 0.3) is 0 Å². The van der Waals surface area contributed by atoms with E-state index in [1.54, 1.807) is 0 Å². The van der Waals surface area contributed by atoms with Gasteiger partial charge in [-0.15, -0.1) is 0 Å². The number of aryl methyl sites for hydroxylation is 1. The second-order valence-electron chi connectivity index (χ2n) is 7.23. The van der Waals surface area contributed by atoms with Gasteiger partial charge in [-0.2, -0.15) is 0 Å². The zero-order valence-electron chi connectivity index (χ0n) is 13.7. The molecule has 2 atom stereocenters. The van der Waals surface area contributed by atoms with Crippen molar-refractivity contribution in [1.82, 2.24) is 9.88 Å². The Morgan fingerprint density at radius 2 is 1.83 bits per heavy atom. The highest BCUT2D eigenvalue weighted by atomic mass is 16.3. The highest BCUT2D eigenvalue weighted by molar-refractivity contribution is 5.26. The molecule has 23 heavy (non-hydrogen) atoms. The standard InChI is InChI=1S/C20H24N2O/c1-15-9-17(13-21-12-15)20(23)10-18-7-8-19(11-20)22(18)14-16-5-3-2-4-6-16/h2-6,9,12-13,18-19,23H,7-8,10-11,14H2,1H3. The van der Waals surface area contributed by atoms with Crippen molar-refractivity contribution >= 4 is 0 Å². The van der Waals surface area contributed by atoms with Crippen LogP contribution in [0.25, 0.3) is 0 Å². The number of rotatable bonds is 3. The van der Waals surface area contributed by atoms with Crippen LogP contribution in [0.2, 0.25) is 0 Å². The number of piperidine rings is 1. The molecule has 0 amide bonds. The smallest absolute Gasteiger partial charge is 0.0941 e. The molecule has 2 aliphatic heterocycles. The summed E-state index contributed by atoms with van der Waals surface area (Å²) in [6.07, 6.45) is 7.73. The molecule has 2 aliphatic rings. The van der Waals surface area contributed by atoms with E-state index in [9.17, 15) is 5.11 Å². The van der Waals surface area contributed by atoms with E-state index in [2.05, 4.69) is 46.3 Å². The van der Waals surface area contributed by atoms with E-state index in [0.29, 0.717) is 12.1 Å². The van der Waals surface area contributed by atoms with Crippen molar-refractivity contribution < 1.29 is 5.11 Å². The van der Waals surface area contributed by atoms with E-state index in [0.717, 1.165) is 30.5 Å². The summed E-state index contributed by atoms with van der Waals surface area (Å²) in [7, 11) is 0. The Kier molecular flexibility index (Phi) is 3.70. The van der Waals surface area contributed by atoms with Crippen LogP contribution < -0.4 is 0 Å². The first-order valence-electron chi connectivity index (χ1n) is 8.58. The summed E-state index contributed by atoms with van der Waals surface area (Å²) in [5.41, 5.74) is 2.77. The molecule has 3 heteroatoms. The minimum atomic E-state index is -0.710. The van der Waals surface area contributed by atoms with Crippen molar-refractivity contribution in [1.29, 1.82) is 0 Å². The largest absolute Gasteiger partial charge is 0.385 e. The van der Waals surface area contributed by atoms with E-state index < -0.39 is 5.60 Å². The summed E-state index contributed by atoms with van der Waals surface area (Å²) in [6.45, 7) is 3.04. The molecule has 0 radical (unpaired) electrons. The maximum atomic E-state index is 11.3. The Morgan fingerprint density at radius 3 is 2.48 bits per heavy atom. The highest BCUT2D eigenvalue weighted by Gasteiger charge is 2.48. The SMILES string of the molecule is Cc1cncc(C2(O)CC3CCC(C2)N3Cc2ccccc2)c1. The minimum Gasteiger partial charge on any atom is -0.385 e. The van der Waals surface area contributed by atoms with Crippen LogP contribution in [0.3, 0.4) is 0 Å². The molecule has 2 unspecified atom stereocenters. The van der Waals surface area contributed by atoms with Crippen LogP contribution in [-0.2, 0) is 12.1 Å². The van der Waals surface area contributed by atoms with Gasteiger partial charge >= 0.3 is 0 Å². The van der Waals surface area contributed by atoms with Crippen LogP contribution in [0.4, 0.5) is 0 Å². The fraction of sp³-hybridized carbons (Fsp3) is 0.450. The van der Waals surface area contributed by atoms with Crippen LogP contribution >= 0.6 is 0 Å². The van der Waals surface area contributed by atoms with E-state index in [1.807, 2.05) is 19.3 Å². The van der Waals surface area contributed by atoms with Gasteiger partial charge in [-0.3, -0.25) is 9.88 Å². The van der Waals surface area contributed by atoms with Crippen molar-refractivity contribution in [2.45, 2.75) is 56.8 Å². The molecule has 3 heterocycles. The molecule has 0 saturated carbocycles. The summed E-state index contributed by atoms with van der Waals surface area (Å²) in [6, 6.07) is 13.7. The van der Waals surface area contributed by atoms with Crippen LogP contribution in [0.5, 0.6) is 0 Å². The Hall–Kier alpha value is -1.71. The lowest BCUT2D eigenvalue weighted by atomic mass is 9.80. The van der Waals surface area contributed by atoms with Crippen LogP contribution in [0.1, 0.15) is 42.4 Å². The molecule has 1 aromatic carbocycles. The maximum absolute atomic E-state index is 11.3. The molecule has 120 valence electrons. The predicted octanol–water partition coefficient (Wildman–Crippen LogP) is 3.40. The third-order valence-corrected chi connectivity index (χ3v) is 5.54. The zero-order chi connectivity index (χ0) is 15.9. The summed E-state index contributed by atoms with van der Waals surface area (Å²) in [5, 5.41) is 11.3. The van der Waals surface area contributed by atoms with Crippen molar-refractivity contribution in [3.63, 3.8) is 0 Å². The topological polar surface area (TPSA) is 36.4 Å². The van der Waals surface area contributed by atoms with E-state index in [1.165, 1.54) is 18.4 Å². The average molecular weight is 308 g/mol. The number of hydrogen-bond donors (Lipinski definition) is 1. The van der Waals surface area contributed by atoms with E-state index in [4.69, 9.17) is 0 Å². The predicted molar refractivity (Wildman–Crippen MR) is 90.9 cm³/mol. The van der Waals surface area contributed by atoms with Gasteiger partial charge in [0.15, 0.2) is 0 Å². The quantitative estimate of drug-likeness (QED) is 0.944. The second-order valence-corrected chi connectivity index (χ2v) is 7.23. The van der Waals surface area contributed by atoms with Gasteiger partial charge in [-0.25, -0.2) is 0 Å². The monoisotopic (exact) mass is 308 g/mol. The Morgan fingerprint density at radius 1 is 1.13 bits per heavy atom. The van der Waals surface area contributed by atoms with Gasteiger partial charge in [0.2, 0.25) is 0 Å². The van der Waals surface area contributed by atoms with Crippen molar-refractivity contribution in [3.8, 4) is 0 Å². The molecule has 0 aliphatic carbocycles. The Balaban J connectivity index is 1.55. The molecule has 4 rings (SSSR count). The number of nitrogens with zero attached hydrogens (tertiary/aromatic N) is 2. The Bertz CT molecular complexity index is 671. The third-order valence-electron chi connectivity index (χ3n) is 5.54. The summed E-state index contributed by atoms with van der Waals surface area (Å²) >= 11 is 0. The number of benzene rings is 1. The minimum absolute atomic E-state index is 0.472. The van der Waals surface area contributed by atoms with E-state index in [-0.39, 0.29) is 0 Å². The highest BCUT2D eigenvalue weighted by Crippen LogP contribution is 2.46. The molecular weight excluding hydrogens is 284 g/mol. The molecule has 3 nitrogen and oxygen atoms in total. The van der Waals surface area contributed by atoms with Crippen LogP contribution in [0.15, 0.2) is 48.8 Å². The molecule has 1 N–H and O–H groups in total. The number of pyridine rings is 1. The lowest BCUT2D eigenvalue weighted by Crippen LogP contribution is -2.49. The van der Waals surface area contributed by atoms with Crippen LogP contribution in [-0.4, -0.2) is 27.1 Å². The van der Waals surface area contributed by atoms with Gasteiger partial charge in [0.1, 0.15) is 0 Å². The Labute approximate surface area is 138 Å². The van der Waals surface area contributed by atoms with Gasteiger partial charge in [-0.05, 0) is 43.7 Å². The average Bonchev–Trinajstić information content (AvgIpc) is 2.80. The first-order chi connectivity index (χ1) is 11.1. The van der Waals surface area contributed by atoms with Crippen molar-refractivity contribution in [2.75, 3.05) is 0 Å². The van der Waals surface area contributed by atoms with Crippen molar-refractivity contribution in [2.24, 2.45) is 0 Å². The van der Waals surface area contributed by atoms with Gasteiger partial charge in [0.05, 0.1) is 5.60 Å². The number of hydrogen-bond acceptors (Lipinski definition) is 3.